The highest BCUT2D eigenvalue weighted by Crippen LogP contribution is 2.26. The molecular formula is C21H17N3O7. The number of rotatable bonds is 6. The Kier molecular flexibility index (Phi) is 5.12. The standard InChI is InChI=1S/C21H17N3O7/c1-11-8-17(23-31-11)22-18(25)12(2)30-21(28)13-5-6-15-16(9-13)20(27)24(19(15)26)10-14-4-3-7-29-14/h3-9,12H,10H2,1-2H3,(H,22,23,25)/t12-/m0/s1. The highest BCUT2D eigenvalue weighted by molar-refractivity contribution is 6.21. The summed E-state index contributed by atoms with van der Waals surface area (Å²) in [6.45, 7) is 3.05. The summed E-state index contributed by atoms with van der Waals surface area (Å²) in [7, 11) is 0. The van der Waals surface area contributed by atoms with Gasteiger partial charge < -0.3 is 19.0 Å². The predicted octanol–water partition coefficient (Wildman–Crippen LogP) is 2.56. The lowest BCUT2D eigenvalue weighted by molar-refractivity contribution is -0.123. The van der Waals surface area contributed by atoms with Crippen LogP contribution in [0.1, 0.15) is 49.5 Å². The Bertz CT molecular complexity index is 1180. The van der Waals surface area contributed by atoms with E-state index in [0.717, 1.165) is 4.90 Å². The number of amides is 3. The molecule has 1 aliphatic rings. The first-order valence-electron chi connectivity index (χ1n) is 9.31. The topological polar surface area (TPSA) is 132 Å². The Labute approximate surface area is 175 Å². The van der Waals surface area contributed by atoms with Gasteiger partial charge in [-0.3, -0.25) is 19.3 Å². The van der Waals surface area contributed by atoms with Crippen molar-refractivity contribution >= 4 is 29.5 Å². The van der Waals surface area contributed by atoms with E-state index in [2.05, 4.69) is 10.5 Å². The summed E-state index contributed by atoms with van der Waals surface area (Å²) in [6, 6.07) is 8.86. The zero-order valence-electron chi connectivity index (χ0n) is 16.6. The number of imide groups is 1. The molecule has 3 heterocycles. The van der Waals surface area contributed by atoms with Gasteiger partial charge in [0, 0.05) is 6.07 Å². The van der Waals surface area contributed by atoms with Crippen molar-refractivity contribution in [1.82, 2.24) is 10.1 Å². The van der Waals surface area contributed by atoms with Gasteiger partial charge in [-0.2, -0.15) is 0 Å². The number of carbonyl (C=O) groups excluding carboxylic acids is 4. The first-order valence-corrected chi connectivity index (χ1v) is 9.31. The van der Waals surface area contributed by atoms with Gasteiger partial charge in [-0.25, -0.2) is 4.79 Å². The second kappa shape index (κ2) is 7.90. The van der Waals surface area contributed by atoms with Crippen molar-refractivity contribution in [3.05, 3.63) is 70.9 Å². The second-order valence-electron chi connectivity index (χ2n) is 6.90. The molecule has 4 rings (SSSR count). The molecule has 3 aromatic rings. The first-order chi connectivity index (χ1) is 14.8. The molecule has 1 aliphatic heterocycles. The number of hydrogen-bond donors (Lipinski definition) is 1. The summed E-state index contributed by atoms with van der Waals surface area (Å²) in [6.07, 6.45) is 0.313. The number of anilines is 1. The maximum atomic E-state index is 12.7. The lowest BCUT2D eigenvalue weighted by atomic mass is 10.1. The fourth-order valence-corrected chi connectivity index (χ4v) is 3.05. The van der Waals surface area contributed by atoms with Crippen LogP contribution in [0.4, 0.5) is 5.82 Å². The van der Waals surface area contributed by atoms with Crippen molar-refractivity contribution in [2.24, 2.45) is 0 Å². The molecule has 1 atom stereocenters. The van der Waals surface area contributed by atoms with E-state index in [1.807, 2.05) is 0 Å². The zero-order valence-corrected chi connectivity index (χ0v) is 16.6. The van der Waals surface area contributed by atoms with Crippen LogP contribution in [-0.2, 0) is 16.1 Å². The number of furan rings is 1. The smallest absolute Gasteiger partial charge is 0.338 e. The number of ether oxygens (including phenoxy) is 1. The third kappa shape index (κ3) is 3.95. The maximum Gasteiger partial charge on any atom is 0.338 e. The summed E-state index contributed by atoms with van der Waals surface area (Å²) < 4.78 is 15.2. The van der Waals surface area contributed by atoms with Gasteiger partial charge in [-0.05, 0) is 44.2 Å². The van der Waals surface area contributed by atoms with Gasteiger partial charge in [-0.1, -0.05) is 5.16 Å². The van der Waals surface area contributed by atoms with Crippen molar-refractivity contribution in [3.8, 4) is 0 Å². The molecule has 0 saturated carbocycles. The number of nitrogens with one attached hydrogen (secondary N) is 1. The number of carbonyl (C=O) groups is 4. The molecule has 0 saturated heterocycles. The molecule has 158 valence electrons. The SMILES string of the molecule is Cc1cc(NC(=O)[C@H](C)OC(=O)c2ccc3c(c2)C(=O)N(Cc2ccco2)C3=O)no1. The van der Waals surface area contributed by atoms with Crippen molar-refractivity contribution in [2.45, 2.75) is 26.5 Å². The van der Waals surface area contributed by atoms with Crippen molar-refractivity contribution in [1.29, 1.82) is 0 Å². The third-order valence-corrected chi connectivity index (χ3v) is 4.63. The molecule has 10 heteroatoms. The maximum absolute atomic E-state index is 12.7. The molecular weight excluding hydrogens is 406 g/mol. The predicted molar refractivity (Wildman–Crippen MR) is 104 cm³/mol. The number of hydrogen-bond acceptors (Lipinski definition) is 8. The van der Waals surface area contributed by atoms with Gasteiger partial charge in [0.05, 0.1) is 29.5 Å². The van der Waals surface area contributed by atoms with Crippen LogP contribution < -0.4 is 5.32 Å². The first kappa shape index (κ1) is 20.1. The summed E-state index contributed by atoms with van der Waals surface area (Å²) in [5.74, 6) is -1.27. The quantitative estimate of drug-likeness (QED) is 0.473. The van der Waals surface area contributed by atoms with Gasteiger partial charge in [-0.15, -0.1) is 0 Å². The minimum Gasteiger partial charge on any atom is -0.467 e. The second-order valence-corrected chi connectivity index (χ2v) is 6.90. The fraction of sp³-hybridized carbons (Fsp3) is 0.190. The Morgan fingerprint density at radius 1 is 1.16 bits per heavy atom. The molecule has 10 nitrogen and oxygen atoms in total. The molecule has 0 radical (unpaired) electrons. The largest absolute Gasteiger partial charge is 0.467 e. The van der Waals surface area contributed by atoms with Gasteiger partial charge >= 0.3 is 5.97 Å². The highest BCUT2D eigenvalue weighted by Gasteiger charge is 2.36. The fourth-order valence-electron chi connectivity index (χ4n) is 3.05. The molecule has 0 aliphatic carbocycles. The van der Waals surface area contributed by atoms with Gasteiger partial charge in [0.15, 0.2) is 11.9 Å². The van der Waals surface area contributed by atoms with Crippen LogP contribution in [-0.4, -0.2) is 39.9 Å². The van der Waals surface area contributed by atoms with E-state index in [4.69, 9.17) is 13.7 Å². The van der Waals surface area contributed by atoms with E-state index >= 15 is 0 Å². The Hall–Kier alpha value is -4.21. The third-order valence-electron chi connectivity index (χ3n) is 4.63. The van der Waals surface area contributed by atoms with E-state index in [0.29, 0.717) is 11.5 Å². The monoisotopic (exact) mass is 423 g/mol. The molecule has 1 aromatic carbocycles. The Balaban J connectivity index is 1.45. The average molecular weight is 423 g/mol. The lowest BCUT2D eigenvalue weighted by Crippen LogP contribution is -2.30. The summed E-state index contributed by atoms with van der Waals surface area (Å²) in [4.78, 5) is 50.9. The number of aryl methyl sites for hydroxylation is 1. The van der Waals surface area contributed by atoms with Crippen LogP contribution >= 0.6 is 0 Å². The van der Waals surface area contributed by atoms with Crippen LogP contribution in [0.3, 0.4) is 0 Å². The van der Waals surface area contributed by atoms with Crippen molar-refractivity contribution in [2.75, 3.05) is 5.32 Å². The average Bonchev–Trinajstić information content (AvgIpc) is 3.46. The number of aromatic nitrogens is 1. The Morgan fingerprint density at radius 2 is 1.94 bits per heavy atom. The van der Waals surface area contributed by atoms with E-state index < -0.39 is 29.8 Å². The van der Waals surface area contributed by atoms with E-state index in [1.54, 1.807) is 19.1 Å². The number of fused-ring (bicyclic) bond motifs is 1. The number of benzene rings is 1. The summed E-state index contributed by atoms with van der Waals surface area (Å²) in [5, 5.41) is 6.10. The minimum absolute atomic E-state index is 0.0160. The van der Waals surface area contributed by atoms with E-state index in [-0.39, 0.29) is 29.1 Å². The van der Waals surface area contributed by atoms with Gasteiger partial charge in [0.1, 0.15) is 11.5 Å². The van der Waals surface area contributed by atoms with Crippen molar-refractivity contribution in [3.63, 3.8) is 0 Å². The van der Waals surface area contributed by atoms with Crippen molar-refractivity contribution < 1.29 is 32.9 Å². The molecule has 0 spiro atoms. The summed E-state index contributed by atoms with van der Waals surface area (Å²) in [5.41, 5.74) is 0.304. The lowest BCUT2D eigenvalue weighted by Gasteiger charge is -2.12. The zero-order chi connectivity index (χ0) is 22.1. The van der Waals surface area contributed by atoms with Crippen LogP contribution in [0.25, 0.3) is 0 Å². The summed E-state index contributed by atoms with van der Waals surface area (Å²) >= 11 is 0. The molecule has 31 heavy (non-hydrogen) atoms. The molecule has 1 N–H and O–H groups in total. The van der Waals surface area contributed by atoms with E-state index in [1.165, 1.54) is 37.5 Å². The normalized spacial score (nSPS) is 13.8. The number of esters is 1. The molecule has 0 unspecified atom stereocenters. The van der Waals surface area contributed by atoms with Gasteiger partial charge in [0.25, 0.3) is 17.7 Å². The number of nitrogens with zero attached hydrogens (tertiary/aromatic N) is 2. The van der Waals surface area contributed by atoms with Crippen LogP contribution in [0.5, 0.6) is 0 Å². The minimum atomic E-state index is -1.13. The Morgan fingerprint density at radius 3 is 2.61 bits per heavy atom. The van der Waals surface area contributed by atoms with Crippen LogP contribution in [0.15, 0.2) is 51.6 Å². The van der Waals surface area contributed by atoms with E-state index in [9.17, 15) is 19.2 Å². The highest BCUT2D eigenvalue weighted by atomic mass is 16.5. The molecule has 0 bridgehead atoms. The van der Waals surface area contributed by atoms with Gasteiger partial charge in [0.2, 0.25) is 0 Å². The van der Waals surface area contributed by atoms with Crippen LogP contribution in [0.2, 0.25) is 0 Å². The molecule has 0 fully saturated rings. The van der Waals surface area contributed by atoms with Crippen LogP contribution in [0, 0.1) is 6.92 Å². The molecule has 3 amide bonds. The molecule has 2 aromatic heterocycles.